The van der Waals surface area contributed by atoms with Gasteiger partial charge in [-0.05, 0) is 36.5 Å². The van der Waals surface area contributed by atoms with Gasteiger partial charge in [0, 0.05) is 5.56 Å². The predicted octanol–water partition coefficient (Wildman–Crippen LogP) is 5.26. The summed E-state index contributed by atoms with van der Waals surface area (Å²) in [6.45, 7) is 0.763. The minimum Gasteiger partial charge on any atom is -0.404 e. The highest BCUT2D eigenvalue weighted by Crippen LogP contribution is 2.33. The Bertz CT molecular complexity index is 824. The van der Waals surface area contributed by atoms with Crippen LogP contribution in [-0.4, -0.2) is 4.98 Å². The number of hydrogen-bond donors (Lipinski definition) is 0. The number of ether oxygens (including phenoxy) is 1. The van der Waals surface area contributed by atoms with E-state index < -0.39 is 0 Å². The van der Waals surface area contributed by atoms with Gasteiger partial charge in [0.05, 0.1) is 6.20 Å². The fourth-order valence-electron chi connectivity index (χ4n) is 3.73. The predicted molar refractivity (Wildman–Crippen MR) is 102 cm³/mol. The van der Waals surface area contributed by atoms with Gasteiger partial charge in [-0.25, -0.2) is 4.98 Å². The zero-order chi connectivity index (χ0) is 17.6. The van der Waals surface area contributed by atoms with Crippen molar-refractivity contribution in [3.63, 3.8) is 0 Å². The topological polar surface area (TPSA) is 26.0 Å². The van der Waals surface area contributed by atoms with Crippen molar-refractivity contribution in [2.75, 3.05) is 0 Å². The quantitative estimate of drug-likeness (QED) is 0.590. The molecule has 1 saturated carbocycles. The normalized spacial score (nSPS) is 14.9. The molecular weight excluding hydrogens is 320 g/mol. The molecule has 3 aromatic rings. The molecule has 1 fully saturated rings. The molecule has 4 rings (SSSR count). The van der Waals surface area contributed by atoms with Crippen molar-refractivity contribution in [2.45, 2.75) is 44.6 Å². The lowest BCUT2D eigenvalue weighted by atomic mass is 9.84. The summed E-state index contributed by atoms with van der Waals surface area (Å²) in [4.78, 5) is 4.23. The van der Waals surface area contributed by atoms with E-state index in [0.29, 0.717) is 0 Å². The second kappa shape index (κ2) is 8.13. The molecule has 0 saturated heterocycles. The molecule has 0 atom stereocenters. The zero-order valence-corrected chi connectivity index (χ0v) is 15.1. The molecule has 1 heterocycles. The third kappa shape index (κ3) is 4.10. The van der Waals surface area contributed by atoms with Crippen molar-refractivity contribution in [2.24, 2.45) is 0 Å². The van der Waals surface area contributed by atoms with Crippen molar-refractivity contribution in [1.82, 2.24) is 4.98 Å². The van der Waals surface area contributed by atoms with E-state index >= 15 is 0 Å². The summed E-state index contributed by atoms with van der Waals surface area (Å²) in [5, 5.41) is 0. The average Bonchev–Trinajstić information content (AvgIpc) is 2.72. The largest absolute Gasteiger partial charge is 0.404 e. The van der Waals surface area contributed by atoms with E-state index in [0.717, 1.165) is 24.1 Å². The fourth-order valence-corrected chi connectivity index (χ4v) is 3.73. The first-order valence-electron chi connectivity index (χ1n) is 9.54. The van der Waals surface area contributed by atoms with Crippen LogP contribution in [0.1, 0.15) is 49.1 Å². The first-order valence-corrected chi connectivity index (χ1v) is 9.54. The molecule has 0 N–H and O–H groups in total. The van der Waals surface area contributed by atoms with Crippen molar-refractivity contribution in [1.29, 1.82) is 0 Å². The Morgan fingerprint density at radius 3 is 2.46 bits per heavy atom. The molecule has 3 heteroatoms. The van der Waals surface area contributed by atoms with Gasteiger partial charge in [0.15, 0.2) is 12.7 Å². The highest BCUT2D eigenvalue weighted by atomic mass is 16.5. The third-order valence-corrected chi connectivity index (χ3v) is 5.18. The lowest BCUT2D eigenvalue weighted by Crippen LogP contribution is -2.35. The van der Waals surface area contributed by atoms with E-state index in [1.807, 2.05) is 12.3 Å². The van der Waals surface area contributed by atoms with Crippen LogP contribution >= 0.6 is 0 Å². The smallest absolute Gasteiger partial charge is 0.392 e. The Kier molecular flexibility index (Phi) is 5.25. The number of benzene rings is 2. The van der Waals surface area contributed by atoms with Gasteiger partial charge >= 0.3 is 5.88 Å². The second-order valence-electron chi connectivity index (χ2n) is 7.03. The standard InChI is InChI=1S/C23H25N2O/c1-3-7-19(8-4-1)18-25-16-15-24-17-23(25)26-22-13-11-21(12-14-22)20-9-5-2-6-10-20/h1,3-4,7-8,11-17,20H,2,5-6,9-10,18H2/q+1. The van der Waals surface area contributed by atoms with Gasteiger partial charge in [-0.1, -0.05) is 61.7 Å². The number of nitrogens with zero attached hydrogens (tertiary/aromatic N) is 2. The van der Waals surface area contributed by atoms with Gasteiger partial charge in [-0.2, -0.15) is 4.57 Å². The Balaban J connectivity index is 1.48. The summed E-state index contributed by atoms with van der Waals surface area (Å²) in [6.07, 6.45) is 12.3. The maximum Gasteiger partial charge on any atom is 0.392 e. The Labute approximate surface area is 155 Å². The molecular formula is C23H25N2O+. The van der Waals surface area contributed by atoms with Gasteiger partial charge in [0.25, 0.3) is 0 Å². The van der Waals surface area contributed by atoms with E-state index in [4.69, 9.17) is 4.74 Å². The Morgan fingerprint density at radius 1 is 0.923 bits per heavy atom. The SMILES string of the molecule is c1ccc(C[n+]2ccncc2Oc2ccc(C3CCCCC3)cc2)cc1. The van der Waals surface area contributed by atoms with Crippen LogP contribution in [0.3, 0.4) is 0 Å². The van der Waals surface area contributed by atoms with E-state index in [1.54, 1.807) is 12.4 Å². The molecule has 0 aliphatic heterocycles. The molecule has 1 aliphatic carbocycles. The summed E-state index contributed by atoms with van der Waals surface area (Å²) < 4.78 is 8.21. The maximum absolute atomic E-state index is 6.12. The summed E-state index contributed by atoms with van der Waals surface area (Å²) in [5.41, 5.74) is 2.68. The van der Waals surface area contributed by atoms with E-state index in [1.165, 1.54) is 43.2 Å². The van der Waals surface area contributed by atoms with Crippen LogP contribution < -0.4 is 9.30 Å². The number of aromatic nitrogens is 2. The minimum atomic E-state index is 0.721. The maximum atomic E-state index is 6.12. The van der Waals surface area contributed by atoms with Gasteiger partial charge in [-0.3, -0.25) is 0 Å². The molecule has 0 spiro atoms. The third-order valence-electron chi connectivity index (χ3n) is 5.18. The van der Waals surface area contributed by atoms with Crippen molar-refractivity contribution in [3.05, 3.63) is 84.3 Å². The highest BCUT2D eigenvalue weighted by molar-refractivity contribution is 5.31. The first-order chi connectivity index (χ1) is 12.9. The molecule has 2 aromatic carbocycles. The lowest BCUT2D eigenvalue weighted by molar-refractivity contribution is -0.692. The van der Waals surface area contributed by atoms with E-state index in [-0.39, 0.29) is 0 Å². The molecule has 0 bridgehead atoms. The van der Waals surface area contributed by atoms with Crippen molar-refractivity contribution >= 4 is 0 Å². The van der Waals surface area contributed by atoms with Crippen LogP contribution in [0.15, 0.2) is 73.2 Å². The van der Waals surface area contributed by atoms with Crippen LogP contribution in [0.4, 0.5) is 0 Å². The second-order valence-corrected chi connectivity index (χ2v) is 7.03. The Hall–Kier alpha value is -2.68. The van der Waals surface area contributed by atoms with Crippen molar-refractivity contribution < 1.29 is 9.30 Å². The highest BCUT2D eigenvalue weighted by Gasteiger charge is 2.17. The van der Waals surface area contributed by atoms with Gasteiger partial charge < -0.3 is 4.74 Å². The molecule has 1 aromatic heterocycles. The van der Waals surface area contributed by atoms with E-state index in [9.17, 15) is 0 Å². The van der Waals surface area contributed by atoms with Gasteiger partial charge in [0.1, 0.15) is 11.9 Å². The van der Waals surface area contributed by atoms with Gasteiger partial charge in [0.2, 0.25) is 0 Å². The van der Waals surface area contributed by atoms with Crippen LogP contribution in [0.2, 0.25) is 0 Å². The molecule has 1 aliphatic rings. The molecule has 26 heavy (non-hydrogen) atoms. The average molecular weight is 345 g/mol. The summed E-state index contributed by atoms with van der Waals surface area (Å²) in [6, 6.07) is 19.0. The molecule has 0 amide bonds. The van der Waals surface area contributed by atoms with Crippen LogP contribution in [0.25, 0.3) is 0 Å². The monoisotopic (exact) mass is 345 g/mol. The first kappa shape index (κ1) is 16.8. The minimum absolute atomic E-state index is 0.721. The molecule has 0 unspecified atom stereocenters. The van der Waals surface area contributed by atoms with Crippen LogP contribution in [-0.2, 0) is 6.54 Å². The molecule has 0 radical (unpaired) electrons. The van der Waals surface area contributed by atoms with Crippen LogP contribution in [0, 0.1) is 0 Å². The summed E-state index contributed by atoms with van der Waals surface area (Å²) >= 11 is 0. The number of hydrogen-bond acceptors (Lipinski definition) is 2. The van der Waals surface area contributed by atoms with Crippen LogP contribution in [0.5, 0.6) is 11.6 Å². The lowest BCUT2D eigenvalue weighted by Gasteiger charge is -2.21. The zero-order valence-electron chi connectivity index (χ0n) is 15.1. The Morgan fingerprint density at radius 2 is 1.69 bits per heavy atom. The van der Waals surface area contributed by atoms with E-state index in [2.05, 4.69) is 58.1 Å². The molecule has 3 nitrogen and oxygen atoms in total. The van der Waals surface area contributed by atoms with Gasteiger partial charge in [-0.15, -0.1) is 0 Å². The fraction of sp³-hybridized carbons (Fsp3) is 0.304. The van der Waals surface area contributed by atoms with Crippen molar-refractivity contribution in [3.8, 4) is 11.6 Å². The number of rotatable bonds is 5. The molecule has 132 valence electrons. The summed E-state index contributed by atoms with van der Waals surface area (Å²) in [7, 11) is 0. The summed E-state index contributed by atoms with van der Waals surface area (Å²) in [5.74, 6) is 2.33.